The normalized spacial score (nSPS) is 10.1. The van der Waals surface area contributed by atoms with Gasteiger partial charge in [0.05, 0.1) is 0 Å². The maximum atomic E-state index is 5.35. The van der Waals surface area contributed by atoms with Crippen molar-refractivity contribution < 1.29 is 4.42 Å². The number of rotatable bonds is 3. The zero-order valence-corrected chi connectivity index (χ0v) is 7.77. The van der Waals surface area contributed by atoms with Crippen LogP contribution in [0.5, 0.6) is 0 Å². The van der Waals surface area contributed by atoms with E-state index in [-0.39, 0.29) is 0 Å². The summed E-state index contributed by atoms with van der Waals surface area (Å²) in [7, 11) is 0. The summed E-state index contributed by atoms with van der Waals surface area (Å²) in [5.41, 5.74) is 0.872. The van der Waals surface area contributed by atoms with Crippen molar-refractivity contribution in [3.05, 3.63) is 24.5 Å². The summed E-state index contributed by atoms with van der Waals surface area (Å²) in [6.45, 7) is 2.73. The van der Waals surface area contributed by atoms with Crippen LogP contribution in [-0.2, 0) is 0 Å². The van der Waals surface area contributed by atoms with Crippen LogP contribution in [0, 0.1) is 0 Å². The molecule has 0 radical (unpaired) electrons. The molecule has 1 N–H and O–H groups in total. The average molecular weight is 190 g/mol. The first-order valence-electron chi connectivity index (χ1n) is 4.38. The van der Waals surface area contributed by atoms with Crippen molar-refractivity contribution in [3.63, 3.8) is 0 Å². The Labute approximate surface area is 81.2 Å². The smallest absolute Gasteiger partial charge is 0.315 e. The molecule has 72 valence electrons. The van der Waals surface area contributed by atoms with Crippen LogP contribution in [-0.4, -0.2) is 21.7 Å². The summed E-state index contributed by atoms with van der Waals surface area (Å²) < 4.78 is 5.35. The van der Waals surface area contributed by atoms with Gasteiger partial charge in [-0.15, -0.1) is 5.10 Å². The van der Waals surface area contributed by atoms with Crippen LogP contribution in [0.2, 0.25) is 0 Å². The fourth-order valence-corrected chi connectivity index (χ4v) is 1.06. The molecule has 2 heterocycles. The average Bonchev–Trinajstić information content (AvgIpc) is 2.68. The molecule has 0 fully saturated rings. The summed E-state index contributed by atoms with van der Waals surface area (Å²) in [5.74, 6) is 0.503. The lowest BCUT2D eigenvalue weighted by Gasteiger charge is -1.93. The number of nitrogens with one attached hydrogen (secondary N) is 1. The van der Waals surface area contributed by atoms with E-state index in [9.17, 15) is 0 Å². The van der Waals surface area contributed by atoms with Crippen LogP contribution in [0.25, 0.3) is 11.5 Å². The fraction of sp³-hybridized carbons (Fsp3) is 0.222. The van der Waals surface area contributed by atoms with Gasteiger partial charge < -0.3 is 9.73 Å². The molecule has 0 spiro atoms. The molecule has 0 aliphatic heterocycles. The quantitative estimate of drug-likeness (QED) is 0.795. The van der Waals surface area contributed by atoms with E-state index < -0.39 is 0 Å². The van der Waals surface area contributed by atoms with E-state index in [4.69, 9.17) is 4.42 Å². The fourth-order valence-electron chi connectivity index (χ4n) is 1.06. The minimum atomic E-state index is 0.444. The van der Waals surface area contributed by atoms with E-state index in [1.54, 1.807) is 12.4 Å². The molecule has 0 unspecified atom stereocenters. The van der Waals surface area contributed by atoms with Crippen LogP contribution < -0.4 is 5.32 Å². The number of aromatic nitrogens is 3. The second kappa shape index (κ2) is 3.87. The second-order valence-electron chi connectivity index (χ2n) is 2.68. The van der Waals surface area contributed by atoms with E-state index in [1.807, 2.05) is 19.1 Å². The van der Waals surface area contributed by atoms with Gasteiger partial charge in [-0.05, 0) is 19.1 Å². The van der Waals surface area contributed by atoms with Crippen molar-refractivity contribution in [1.82, 2.24) is 15.2 Å². The molecule has 0 aliphatic carbocycles. The van der Waals surface area contributed by atoms with Crippen LogP contribution in [0.4, 0.5) is 6.01 Å². The summed E-state index contributed by atoms with van der Waals surface area (Å²) in [6, 6.07) is 4.09. The van der Waals surface area contributed by atoms with Crippen molar-refractivity contribution >= 4 is 6.01 Å². The first-order chi connectivity index (χ1) is 6.90. The highest BCUT2D eigenvalue weighted by Crippen LogP contribution is 2.17. The van der Waals surface area contributed by atoms with E-state index in [0.29, 0.717) is 11.9 Å². The first-order valence-corrected chi connectivity index (χ1v) is 4.38. The summed E-state index contributed by atoms with van der Waals surface area (Å²) >= 11 is 0. The van der Waals surface area contributed by atoms with Crippen molar-refractivity contribution in [2.45, 2.75) is 6.92 Å². The van der Waals surface area contributed by atoms with Crippen molar-refractivity contribution in [2.75, 3.05) is 11.9 Å². The van der Waals surface area contributed by atoms with E-state index in [2.05, 4.69) is 20.5 Å². The molecular weight excluding hydrogens is 180 g/mol. The molecular formula is C9H10N4O. The predicted molar refractivity (Wildman–Crippen MR) is 51.7 cm³/mol. The number of hydrogen-bond donors (Lipinski definition) is 1. The molecule has 0 bridgehead atoms. The molecule has 2 rings (SSSR count). The van der Waals surface area contributed by atoms with Gasteiger partial charge in [0.1, 0.15) is 0 Å². The predicted octanol–water partition coefficient (Wildman–Crippen LogP) is 1.56. The van der Waals surface area contributed by atoms with E-state index in [0.717, 1.165) is 12.1 Å². The lowest BCUT2D eigenvalue weighted by atomic mass is 10.3. The number of nitrogens with zero attached hydrogens (tertiary/aromatic N) is 3. The topological polar surface area (TPSA) is 63.8 Å². The highest BCUT2D eigenvalue weighted by atomic mass is 16.4. The zero-order chi connectivity index (χ0) is 9.80. The molecule has 0 aliphatic rings. The molecule has 0 saturated carbocycles. The van der Waals surface area contributed by atoms with Gasteiger partial charge in [0.15, 0.2) is 0 Å². The first kappa shape index (κ1) is 8.68. The van der Waals surface area contributed by atoms with Crippen LogP contribution in [0.1, 0.15) is 6.92 Å². The Morgan fingerprint density at radius 1 is 1.29 bits per heavy atom. The van der Waals surface area contributed by atoms with Crippen molar-refractivity contribution in [1.29, 1.82) is 0 Å². The van der Waals surface area contributed by atoms with Gasteiger partial charge in [-0.1, -0.05) is 5.10 Å². The lowest BCUT2D eigenvalue weighted by molar-refractivity contribution is 0.582. The van der Waals surface area contributed by atoms with Crippen LogP contribution in [0.3, 0.4) is 0 Å². The summed E-state index contributed by atoms with van der Waals surface area (Å²) in [4.78, 5) is 3.91. The Hall–Kier alpha value is -1.91. The molecule has 5 nitrogen and oxygen atoms in total. The third-order valence-corrected chi connectivity index (χ3v) is 1.68. The second-order valence-corrected chi connectivity index (χ2v) is 2.68. The molecule has 5 heteroatoms. The Kier molecular flexibility index (Phi) is 2.40. The van der Waals surface area contributed by atoms with Gasteiger partial charge in [-0.3, -0.25) is 4.98 Å². The van der Waals surface area contributed by atoms with E-state index >= 15 is 0 Å². The highest BCUT2D eigenvalue weighted by Gasteiger charge is 2.06. The minimum Gasteiger partial charge on any atom is -0.403 e. The number of hydrogen-bond acceptors (Lipinski definition) is 5. The summed E-state index contributed by atoms with van der Waals surface area (Å²) in [6.07, 6.45) is 3.37. The third kappa shape index (κ3) is 1.71. The van der Waals surface area contributed by atoms with Gasteiger partial charge in [0.25, 0.3) is 0 Å². The standard InChI is InChI=1S/C9H10N4O/c1-2-11-9-13-12-8(14-9)7-3-5-10-6-4-7/h3-6H,2H2,1H3,(H,11,13). The molecule has 14 heavy (non-hydrogen) atoms. The highest BCUT2D eigenvalue weighted by molar-refractivity contribution is 5.51. The minimum absolute atomic E-state index is 0.444. The van der Waals surface area contributed by atoms with Gasteiger partial charge >= 0.3 is 6.01 Å². The van der Waals surface area contributed by atoms with Crippen molar-refractivity contribution in [2.24, 2.45) is 0 Å². The van der Waals surface area contributed by atoms with Crippen LogP contribution in [0.15, 0.2) is 28.9 Å². The largest absolute Gasteiger partial charge is 0.403 e. The Bertz CT molecular complexity index is 398. The molecule has 0 amide bonds. The van der Waals surface area contributed by atoms with Crippen molar-refractivity contribution in [3.8, 4) is 11.5 Å². The Morgan fingerprint density at radius 2 is 2.07 bits per heavy atom. The third-order valence-electron chi connectivity index (χ3n) is 1.68. The Morgan fingerprint density at radius 3 is 2.79 bits per heavy atom. The number of anilines is 1. The van der Waals surface area contributed by atoms with Gasteiger partial charge in [0.2, 0.25) is 5.89 Å². The molecule has 0 aromatic carbocycles. The molecule has 0 atom stereocenters. The lowest BCUT2D eigenvalue weighted by Crippen LogP contribution is -1.95. The maximum absolute atomic E-state index is 5.35. The monoisotopic (exact) mass is 190 g/mol. The zero-order valence-electron chi connectivity index (χ0n) is 7.77. The van der Waals surface area contributed by atoms with Gasteiger partial charge in [-0.2, -0.15) is 0 Å². The SMILES string of the molecule is CCNc1nnc(-c2ccncc2)o1. The molecule has 2 aromatic heterocycles. The Balaban J connectivity index is 2.25. The molecule has 2 aromatic rings. The molecule has 0 saturated heterocycles. The van der Waals surface area contributed by atoms with E-state index in [1.165, 1.54) is 0 Å². The van der Waals surface area contributed by atoms with Crippen LogP contribution >= 0.6 is 0 Å². The summed E-state index contributed by atoms with van der Waals surface area (Å²) in [5, 5.41) is 10.7. The van der Waals surface area contributed by atoms with Gasteiger partial charge in [-0.25, -0.2) is 0 Å². The maximum Gasteiger partial charge on any atom is 0.315 e. The number of pyridine rings is 1. The van der Waals surface area contributed by atoms with Gasteiger partial charge in [0, 0.05) is 24.5 Å².